The van der Waals surface area contributed by atoms with E-state index in [4.69, 9.17) is 0 Å². The van der Waals surface area contributed by atoms with Crippen molar-refractivity contribution in [3.8, 4) is 0 Å². The molecule has 1 aromatic carbocycles. The van der Waals surface area contributed by atoms with Gasteiger partial charge in [0.05, 0.1) is 17.4 Å². The average Bonchev–Trinajstić information content (AvgIpc) is 2.71. The lowest BCUT2D eigenvalue weighted by Crippen LogP contribution is -2.24. The molecule has 0 atom stereocenters. The lowest BCUT2D eigenvalue weighted by molar-refractivity contribution is 0.651. The monoisotopic (exact) mass is 204 g/mol. The van der Waals surface area contributed by atoms with Gasteiger partial charge in [0.2, 0.25) is 0 Å². The van der Waals surface area contributed by atoms with Gasteiger partial charge < -0.3 is 15.6 Å². The molecule has 0 saturated carbocycles. The molecule has 0 radical (unpaired) electrons. The van der Waals surface area contributed by atoms with E-state index in [1.54, 1.807) is 6.33 Å². The molecule has 0 saturated heterocycles. The topological polar surface area (TPSA) is 52.7 Å². The van der Waals surface area contributed by atoms with Crippen molar-refractivity contribution < 1.29 is 0 Å². The summed E-state index contributed by atoms with van der Waals surface area (Å²) >= 11 is 0. The van der Waals surface area contributed by atoms with Gasteiger partial charge in [-0.15, -0.1) is 0 Å². The Balaban J connectivity index is 1.96. The van der Waals surface area contributed by atoms with Crippen LogP contribution in [0.5, 0.6) is 0 Å². The number of fused-ring (bicyclic) bond motifs is 1. The number of benzene rings is 1. The Hall–Kier alpha value is -1.39. The van der Waals surface area contributed by atoms with Gasteiger partial charge in [-0.05, 0) is 24.7 Å². The molecule has 0 bridgehead atoms. The fourth-order valence-electron chi connectivity index (χ4n) is 1.54. The molecule has 0 aliphatic heterocycles. The summed E-state index contributed by atoms with van der Waals surface area (Å²) in [5.41, 5.74) is 3.40. The molecular weight excluding hydrogens is 188 g/mol. The summed E-state index contributed by atoms with van der Waals surface area (Å²) in [5.74, 6) is 0. The van der Waals surface area contributed by atoms with Crippen molar-refractivity contribution in [1.82, 2.24) is 20.6 Å². The molecule has 4 heteroatoms. The zero-order chi connectivity index (χ0) is 10.5. The first-order chi connectivity index (χ1) is 7.40. The minimum Gasteiger partial charge on any atom is -0.345 e. The minimum absolute atomic E-state index is 0.899. The van der Waals surface area contributed by atoms with Crippen LogP contribution in [-0.2, 0) is 6.54 Å². The highest BCUT2D eigenvalue weighted by atomic mass is 14.9. The van der Waals surface area contributed by atoms with Crippen molar-refractivity contribution in [2.24, 2.45) is 0 Å². The van der Waals surface area contributed by atoms with Crippen LogP contribution in [0.4, 0.5) is 0 Å². The normalized spacial score (nSPS) is 11.0. The molecule has 1 heterocycles. The Bertz CT molecular complexity index is 421. The van der Waals surface area contributed by atoms with E-state index in [-0.39, 0.29) is 0 Å². The highest BCUT2D eigenvalue weighted by Gasteiger charge is 1.97. The van der Waals surface area contributed by atoms with Gasteiger partial charge in [-0.1, -0.05) is 6.07 Å². The quantitative estimate of drug-likeness (QED) is 0.633. The Kier molecular flexibility index (Phi) is 3.32. The van der Waals surface area contributed by atoms with Gasteiger partial charge in [0.25, 0.3) is 0 Å². The molecule has 15 heavy (non-hydrogen) atoms. The minimum atomic E-state index is 0.899. The fraction of sp³-hybridized carbons (Fsp3) is 0.364. The maximum absolute atomic E-state index is 4.18. The molecule has 0 aliphatic carbocycles. The zero-order valence-electron chi connectivity index (χ0n) is 8.88. The third-order valence-electron chi connectivity index (χ3n) is 2.37. The number of H-pyrrole nitrogens is 1. The maximum atomic E-state index is 4.18. The predicted octanol–water partition coefficient (Wildman–Crippen LogP) is 0.872. The summed E-state index contributed by atoms with van der Waals surface area (Å²) in [6, 6.07) is 6.28. The van der Waals surface area contributed by atoms with E-state index in [0.717, 1.165) is 30.7 Å². The van der Waals surface area contributed by atoms with Crippen LogP contribution in [0.1, 0.15) is 5.56 Å². The molecule has 0 spiro atoms. The Morgan fingerprint density at radius 3 is 3.13 bits per heavy atom. The summed E-state index contributed by atoms with van der Waals surface area (Å²) in [6.07, 6.45) is 1.73. The Morgan fingerprint density at radius 1 is 1.33 bits per heavy atom. The molecule has 0 aliphatic rings. The van der Waals surface area contributed by atoms with Crippen LogP contribution < -0.4 is 10.6 Å². The van der Waals surface area contributed by atoms with E-state index in [1.165, 1.54) is 5.56 Å². The number of nitrogens with zero attached hydrogens (tertiary/aromatic N) is 1. The number of hydrogen-bond donors (Lipinski definition) is 3. The number of nitrogens with one attached hydrogen (secondary N) is 3. The average molecular weight is 204 g/mol. The number of imidazole rings is 1. The van der Waals surface area contributed by atoms with E-state index in [0.29, 0.717) is 0 Å². The Labute approximate surface area is 89.1 Å². The predicted molar refractivity (Wildman–Crippen MR) is 61.7 cm³/mol. The third kappa shape index (κ3) is 2.55. The fourth-order valence-corrected chi connectivity index (χ4v) is 1.54. The number of hydrogen-bond acceptors (Lipinski definition) is 3. The van der Waals surface area contributed by atoms with Crippen LogP contribution in [-0.4, -0.2) is 30.1 Å². The number of aromatic amines is 1. The summed E-state index contributed by atoms with van der Waals surface area (Å²) in [7, 11) is 1.96. The Morgan fingerprint density at radius 2 is 2.27 bits per heavy atom. The van der Waals surface area contributed by atoms with Gasteiger partial charge in [-0.2, -0.15) is 0 Å². The summed E-state index contributed by atoms with van der Waals surface area (Å²) < 4.78 is 0. The second kappa shape index (κ2) is 4.91. The second-order valence-corrected chi connectivity index (χ2v) is 3.53. The van der Waals surface area contributed by atoms with E-state index in [1.807, 2.05) is 13.1 Å². The number of aromatic nitrogens is 2. The molecular formula is C11H16N4. The van der Waals surface area contributed by atoms with Gasteiger partial charge in [0.1, 0.15) is 0 Å². The van der Waals surface area contributed by atoms with Crippen LogP contribution in [0.3, 0.4) is 0 Å². The smallest absolute Gasteiger partial charge is 0.0931 e. The molecule has 2 rings (SSSR count). The molecule has 1 aromatic heterocycles. The first kappa shape index (κ1) is 10.1. The van der Waals surface area contributed by atoms with Crippen LogP contribution in [0.2, 0.25) is 0 Å². The first-order valence-electron chi connectivity index (χ1n) is 5.17. The van der Waals surface area contributed by atoms with E-state index in [9.17, 15) is 0 Å². The standard InChI is InChI=1S/C11H16N4/c1-12-4-5-13-7-9-2-3-10-11(6-9)15-8-14-10/h2-3,6,8,12-13H,4-5,7H2,1H3,(H,14,15). The van der Waals surface area contributed by atoms with E-state index in [2.05, 4.69) is 32.7 Å². The highest BCUT2D eigenvalue weighted by Crippen LogP contribution is 2.10. The maximum Gasteiger partial charge on any atom is 0.0931 e. The van der Waals surface area contributed by atoms with Gasteiger partial charge in [0.15, 0.2) is 0 Å². The molecule has 4 nitrogen and oxygen atoms in total. The van der Waals surface area contributed by atoms with E-state index >= 15 is 0 Å². The van der Waals surface area contributed by atoms with Crippen LogP contribution >= 0.6 is 0 Å². The zero-order valence-corrected chi connectivity index (χ0v) is 8.88. The van der Waals surface area contributed by atoms with E-state index < -0.39 is 0 Å². The molecule has 3 N–H and O–H groups in total. The van der Waals surface area contributed by atoms with Crippen LogP contribution in [0.15, 0.2) is 24.5 Å². The van der Waals surface area contributed by atoms with Crippen molar-refractivity contribution >= 4 is 11.0 Å². The van der Waals surface area contributed by atoms with Crippen molar-refractivity contribution in [1.29, 1.82) is 0 Å². The van der Waals surface area contributed by atoms with Gasteiger partial charge >= 0.3 is 0 Å². The summed E-state index contributed by atoms with van der Waals surface area (Å²) in [5, 5.41) is 6.46. The van der Waals surface area contributed by atoms with Crippen LogP contribution in [0.25, 0.3) is 11.0 Å². The molecule has 2 aromatic rings. The van der Waals surface area contributed by atoms with Crippen molar-refractivity contribution in [3.05, 3.63) is 30.1 Å². The number of rotatable bonds is 5. The van der Waals surface area contributed by atoms with Gasteiger partial charge in [0, 0.05) is 19.6 Å². The molecule has 0 unspecified atom stereocenters. The highest BCUT2D eigenvalue weighted by molar-refractivity contribution is 5.74. The van der Waals surface area contributed by atoms with Crippen LogP contribution in [0, 0.1) is 0 Å². The third-order valence-corrected chi connectivity index (χ3v) is 2.37. The SMILES string of the molecule is CNCCNCc1ccc2nc[nH]c2c1. The summed E-state index contributed by atoms with van der Waals surface area (Å²) in [6.45, 7) is 2.88. The van der Waals surface area contributed by atoms with Crippen molar-refractivity contribution in [2.45, 2.75) is 6.54 Å². The largest absolute Gasteiger partial charge is 0.345 e. The molecule has 80 valence electrons. The second-order valence-electron chi connectivity index (χ2n) is 3.53. The number of likely N-dealkylation sites (N-methyl/N-ethyl adjacent to an activating group) is 1. The van der Waals surface area contributed by atoms with Crippen molar-refractivity contribution in [3.63, 3.8) is 0 Å². The molecule has 0 amide bonds. The lowest BCUT2D eigenvalue weighted by Gasteiger charge is -2.04. The van der Waals surface area contributed by atoms with Gasteiger partial charge in [-0.25, -0.2) is 4.98 Å². The van der Waals surface area contributed by atoms with Gasteiger partial charge in [-0.3, -0.25) is 0 Å². The molecule has 0 fully saturated rings. The first-order valence-corrected chi connectivity index (χ1v) is 5.17. The van der Waals surface area contributed by atoms with Crippen molar-refractivity contribution in [2.75, 3.05) is 20.1 Å². The summed E-state index contributed by atoms with van der Waals surface area (Å²) in [4.78, 5) is 7.29. The lowest BCUT2D eigenvalue weighted by atomic mass is 10.2.